The number of likely N-dealkylation sites (tertiary alicyclic amines) is 1. The van der Waals surface area contributed by atoms with Gasteiger partial charge in [0.1, 0.15) is 0 Å². The zero-order chi connectivity index (χ0) is 17.7. The molecule has 0 spiro atoms. The Balaban J connectivity index is 1.46. The summed E-state index contributed by atoms with van der Waals surface area (Å²) < 4.78 is 5.47. The average molecular weight is 345 g/mol. The van der Waals surface area contributed by atoms with Crippen LogP contribution in [0.4, 0.5) is 0 Å². The highest BCUT2D eigenvalue weighted by Gasteiger charge is 2.37. The molecule has 3 rings (SSSR count). The van der Waals surface area contributed by atoms with Crippen molar-refractivity contribution in [1.82, 2.24) is 9.80 Å². The fourth-order valence-corrected chi connectivity index (χ4v) is 4.00. The Kier molecular flexibility index (Phi) is 6.10. The van der Waals surface area contributed by atoms with Gasteiger partial charge in [-0.05, 0) is 31.7 Å². The van der Waals surface area contributed by atoms with Crippen molar-refractivity contribution in [1.29, 1.82) is 0 Å². The Morgan fingerprint density at radius 2 is 1.80 bits per heavy atom. The third-order valence-electron chi connectivity index (χ3n) is 5.75. The summed E-state index contributed by atoms with van der Waals surface area (Å²) in [5, 5.41) is 0. The summed E-state index contributed by atoms with van der Waals surface area (Å²) in [6, 6.07) is 10.1. The summed E-state index contributed by atoms with van der Waals surface area (Å²) in [7, 11) is 0. The average Bonchev–Trinajstić information content (AvgIpc) is 2.63. The second-order valence-corrected chi connectivity index (χ2v) is 7.63. The first-order valence-electron chi connectivity index (χ1n) is 9.47. The molecule has 1 amide bonds. The monoisotopic (exact) mass is 345 g/mol. The smallest absolute Gasteiger partial charge is 0.224 e. The van der Waals surface area contributed by atoms with Gasteiger partial charge in [-0.2, -0.15) is 0 Å². The highest BCUT2D eigenvalue weighted by atomic mass is 16.5. The van der Waals surface area contributed by atoms with E-state index in [0.717, 1.165) is 58.7 Å². The molecule has 1 unspecified atom stereocenters. The number of nitrogens with zero attached hydrogens (tertiary/aromatic N) is 2. The van der Waals surface area contributed by atoms with E-state index in [0.29, 0.717) is 6.42 Å². The Hall–Kier alpha value is -1.43. The predicted molar refractivity (Wildman–Crippen MR) is 99.3 cm³/mol. The molecule has 2 N–H and O–H groups in total. The molecule has 1 atom stereocenters. The van der Waals surface area contributed by atoms with Crippen molar-refractivity contribution in [2.24, 2.45) is 5.73 Å². The zero-order valence-electron chi connectivity index (χ0n) is 15.3. The molecule has 0 aromatic heterocycles. The van der Waals surface area contributed by atoms with Gasteiger partial charge in [-0.15, -0.1) is 0 Å². The number of carbonyl (C=O) groups excluding carboxylic acids is 1. The van der Waals surface area contributed by atoms with Gasteiger partial charge in [-0.25, -0.2) is 0 Å². The van der Waals surface area contributed by atoms with Crippen LogP contribution in [-0.2, 0) is 16.0 Å². The van der Waals surface area contributed by atoms with Crippen LogP contribution in [0.15, 0.2) is 30.3 Å². The maximum absolute atomic E-state index is 12.6. The van der Waals surface area contributed by atoms with E-state index < -0.39 is 0 Å². The van der Waals surface area contributed by atoms with Crippen LogP contribution in [0.5, 0.6) is 0 Å². The Labute approximate surface area is 151 Å². The van der Waals surface area contributed by atoms with E-state index in [2.05, 4.69) is 24.0 Å². The standard InChI is InChI=1S/C20H31N3O2/c1-20(23-11-13-25-14-12-23)7-9-22(10-8-20)19(24)16-18(21)15-17-5-3-2-4-6-17/h2-6,18H,7-16,21H2,1H3. The largest absolute Gasteiger partial charge is 0.379 e. The molecule has 2 saturated heterocycles. The number of hydrogen-bond acceptors (Lipinski definition) is 4. The van der Waals surface area contributed by atoms with E-state index in [-0.39, 0.29) is 17.5 Å². The van der Waals surface area contributed by atoms with Crippen molar-refractivity contribution in [3.05, 3.63) is 35.9 Å². The lowest BCUT2D eigenvalue weighted by molar-refractivity contribution is -0.134. The number of carbonyl (C=O) groups is 1. The molecule has 2 aliphatic rings. The molecule has 1 aromatic rings. The van der Waals surface area contributed by atoms with Gasteiger partial charge < -0.3 is 15.4 Å². The first-order valence-corrected chi connectivity index (χ1v) is 9.47. The summed E-state index contributed by atoms with van der Waals surface area (Å²) in [5.74, 6) is 0.201. The number of nitrogens with two attached hydrogens (primary N) is 1. The molecular formula is C20H31N3O2. The molecule has 2 aliphatic heterocycles. The number of piperidine rings is 1. The van der Waals surface area contributed by atoms with Gasteiger partial charge in [-0.3, -0.25) is 9.69 Å². The van der Waals surface area contributed by atoms with Crippen LogP contribution in [0.25, 0.3) is 0 Å². The zero-order valence-corrected chi connectivity index (χ0v) is 15.3. The summed E-state index contributed by atoms with van der Waals surface area (Å²) >= 11 is 0. The molecule has 138 valence electrons. The Morgan fingerprint density at radius 3 is 2.44 bits per heavy atom. The highest BCUT2D eigenvalue weighted by molar-refractivity contribution is 5.77. The SMILES string of the molecule is CC1(N2CCOCC2)CCN(C(=O)CC(N)Cc2ccccc2)CC1. The lowest BCUT2D eigenvalue weighted by Gasteiger charge is -2.48. The molecule has 0 bridgehead atoms. The van der Waals surface area contributed by atoms with Crippen LogP contribution in [0.2, 0.25) is 0 Å². The van der Waals surface area contributed by atoms with Gasteiger partial charge in [0, 0.05) is 44.2 Å². The van der Waals surface area contributed by atoms with Gasteiger partial charge in [0.25, 0.3) is 0 Å². The third kappa shape index (κ3) is 4.81. The third-order valence-corrected chi connectivity index (χ3v) is 5.75. The molecule has 2 heterocycles. The van der Waals surface area contributed by atoms with E-state index in [1.165, 1.54) is 5.56 Å². The second kappa shape index (κ2) is 8.30. The summed E-state index contributed by atoms with van der Waals surface area (Å²) in [6.07, 6.45) is 3.26. The molecule has 1 aromatic carbocycles. The van der Waals surface area contributed by atoms with E-state index in [1.54, 1.807) is 0 Å². The lowest BCUT2D eigenvalue weighted by Crippen LogP contribution is -2.57. The number of rotatable bonds is 5. The quantitative estimate of drug-likeness (QED) is 0.882. The van der Waals surface area contributed by atoms with Gasteiger partial charge in [-0.1, -0.05) is 30.3 Å². The normalized spacial score (nSPS) is 22.6. The number of morpholine rings is 1. The fraction of sp³-hybridized carbons (Fsp3) is 0.650. The van der Waals surface area contributed by atoms with E-state index in [1.807, 2.05) is 23.1 Å². The van der Waals surface area contributed by atoms with Crippen LogP contribution in [-0.4, -0.2) is 66.7 Å². The first kappa shape index (κ1) is 18.4. The van der Waals surface area contributed by atoms with Crippen LogP contribution >= 0.6 is 0 Å². The molecule has 0 aliphatic carbocycles. The number of amides is 1. The van der Waals surface area contributed by atoms with Gasteiger partial charge >= 0.3 is 0 Å². The fourth-order valence-electron chi connectivity index (χ4n) is 4.00. The Morgan fingerprint density at radius 1 is 1.16 bits per heavy atom. The molecule has 5 nitrogen and oxygen atoms in total. The number of ether oxygens (including phenoxy) is 1. The van der Waals surface area contributed by atoms with Crippen molar-refractivity contribution in [3.8, 4) is 0 Å². The summed E-state index contributed by atoms with van der Waals surface area (Å²) in [4.78, 5) is 17.1. The van der Waals surface area contributed by atoms with E-state index >= 15 is 0 Å². The predicted octanol–water partition coefficient (Wildman–Crippen LogP) is 1.66. The second-order valence-electron chi connectivity index (χ2n) is 7.63. The molecule has 2 fully saturated rings. The molecular weight excluding hydrogens is 314 g/mol. The molecule has 25 heavy (non-hydrogen) atoms. The number of hydrogen-bond donors (Lipinski definition) is 1. The van der Waals surface area contributed by atoms with Crippen molar-refractivity contribution in [2.45, 2.75) is 44.2 Å². The van der Waals surface area contributed by atoms with Crippen molar-refractivity contribution in [2.75, 3.05) is 39.4 Å². The topological polar surface area (TPSA) is 58.8 Å². The van der Waals surface area contributed by atoms with E-state index in [9.17, 15) is 4.79 Å². The van der Waals surface area contributed by atoms with Crippen molar-refractivity contribution < 1.29 is 9.53 Å². The molecule has 0 saturated carbocycles. The minimum Gasteiger partial charge on any atom is -0.379 e. The summed E-state index contributed by atoms with van der Waals surface area (Å²) in [6.45, 7) is 7.68. The van der Waals surface area contributed by atoms with Crippen LogP contribution < -0.4 is 5.73 Å². The highest BCUT2D eigenvalue weighted by Crippen LogP contribution is 2.29. The summed E-state index contributed by atoms with van der Waals surface area (Å²) in [5.41, 5.74) is 7.61. The van der Waals surface area contributed by atoms with E-state index in [4.69, 9.17) is 10.5 Å². The van der Waals surface area contributed by atoms with Crippen LogP contribution in [0.3, 0.4) is 0 Å². The van der Waals surface area contributed by atoms with Crippen molar-refractivity contribution in [3.63, 3.8) is 0 Å². The van der Waals surface area contributed by atoms with Gasteiger partial charge in [0.2, 0.25) is 5.91 Å². The molecule has 5 heteroatoms. The number of benzene rings is 1. The first-order chi connectivity index (χ1) is 12.1. The minimum atomic E-state index is -0.109. The van der Waals surface area contributed by atoms with Gasteiger partial charge in [0.15, 0.2) is 0 Å². The van der Waals surface area contributed by atoms with Crippen LogP contribution in [0, 0.1) is 0 Å². The molecule has 0 radical (unpaired) electrons. The minimum absolute atomic E-state index is 0.109. The maximum Gasteiger partial charge on any atom is 0.224 e. The Bertz CT molecular complexity index is 549. The van der Waals surface area contributed by atoms with Crippen molar-refractivity contribution >= 4 is 5.91 Å². The van der Waals surface area contributed by atoms with Gasteiger partial charge in [0.05, 0.1) is 13.2 Å². The maximum atomic E-state index is 12.6. The lowest BCUT2D eigenvalue weighted by atomic mass is 9.87. The van der Waals surface area contributed by atoms with Crippen LogP contribution in [0.1, 0.15) is 31.7 Å².